The lowest BCUT2D eigenvalue weighted by Gasteiger charge is -2.24. The molecule has 0 aliphatic heterocycles. The summed E-state index contributed by atoms with van der Waals surface area (Å²) in [5, 5.41) is 1.03. The number of ether oxygens (including phenoxy) is 2. The first kappa shape index (κ1) is 17.9. The molecule has 0 spiro atoms. The zero-order chi connectivity index (χ0) is 18.7. The van der Waals surface area contributed by atoms with Gasteiger partial charge in [0.2, 0.25) is 5.91 Å². The second-order valence-electron chi connectivity index (χ2n) is 6.22. The zero-order valence-corrected chi connectivity index (χ0v) is 15.5. The summed E-state index contributed by atoms with van der Waals surface area (Å²) in [5.74, 6) is 2.11. The van der Waals surface area contributed by atoms with Gasteiger partial charge in [0.15, 0.2) is 0 Å². The number of para-hydroxylation sites is 1. The minimum absolute atomic E-state index is 0.0236. The highest BCUT2D eigenvalue weighted by Gasteiger charge is 2.22. The highest BCUT2D eigenvalue weighted by atomic mass is 16.5. The Hall–Kier alpha value is -2.95. The van der Waals surface area contributed by atoms with Gasteiger partial charge in [-0.3, -0.25) is 4.79 Å². The first-order chi connectivity index (χ1) is 12.5. The predicted octanol–water partition coefficient (Wildman–Crippen LogP) is 4.21. The number of benzene rings is 2. The Morgan fingerprint density at radius 3 is 2.58 bits per heavy atom. The molecule has 0 bridgehead atoms. The Labute approximate surface area is 153 Å². The van der Waals surface area contributed by atoms with Crippen molar-refractivity contribution < 1.29 is 18.7 Å². The molecule has 0 N–H and O–H groups in total. The largest absolute Gasteiger partial charge is 0.497 e. The molecule has 0 aliphatic carbocycles. The molecular weight excluding hydrogens is 330 g/mol. The Morgan fingerprint density at radius 2 is 1.88 bits per heavy atom. The lowest BCUT2D eigenvalue weighted by molar-refractivity contribution is -0.131. The number of rotatable bonds is 6. The fraction of sp³-hybridized carbons (Fsp3) is 0.286. The van der Waals surface area contributed by atoms with Crippen LogP contribution in [0, 0.1) is 0 Å². The molecule has 1 amide bonds. The van der Waals surface area contributed by atoms with Crippen molar-refractivity contribution in [3.8, 4) is 11.5 Å². The van der Waals surface area contributed by atoms with E-state index >= 15 is 0 Å². The number of methoxy groups -OCH3 is 2. The van der Waals surface area contributed by atoms with E-state index in [1.54, 1.807) is 26.2 Å². The highest BCUT2D eigenvalue weighted by Crippen LogP contribution is 2.29. The van der Waals surface area contributed by atoms with Crippen molar-refractivity contribution in [1.29, 1.82) is 0 Å². The van der Waals surface area contributed by atoms with Crippen LogP contribution in [-0.2, 0) is 11.2 Å². The molecule has 3 aromatic rings. The fourth-order valence-corrected chi connectivity index (χ4v) is 2.92. The van der Waals surface area contributed by atoms with Crippen molar-refractivity contribution in [2.45, 2.75) is 19.4 Å². The van der Waals surface area contributed by atoms with E-state index in [1.807, 2.05) is 55.5 Å². The van der Waals surface area contributed by atoms with Crippen molar-refractivity contribution in [2.75, 3.05) is 21.3 Å². The lowest BCUT2D eigenvalue weighted by atomic mass is 10.1. The molecule has 0 saturated heterocycles. The molecule has 0 saturated carbocycles. The highest BCUT2D eigenvalue weighted by molar-refractivity contribution is 5.81. The van der Waals surface area contributed by atoms with Crippen LogP contribution < -0.4 is 9.47 Å². The minimum Gasteiger partial charge on any atom is -0.497 e. The standard InChI is InChI=1S/C21H23NO4/c1-14(20-12-15-7-5-6-8-19(15)26-20)22(2)21(23)13-16-11-17(24-3)9-10-18(16)25-4/h5-12,14H,13H2,1-4H3. The van der Waals surface area contributed by atoms with Gasteiger partial charge in [0, 0.05) is 18.0 Å². The van der Waals surface area contributed by atoms with Gasteiger partial charge in [-0.25, -0.2) is 0 Å². The maximum absolute atomic E-state index is 12.8. The maximum atomic E-state index is 12.8. The van der Waals surface area contributed by atoms with E-state index in [9.17, 15) is 4.79 Å². The summed E-state index contributed by atoms with van der Waals surface area (Å²) in [5.41, 5.74) is 1.62. The summed E-state index contributed by atoms with van der Waals surface area (Å²) < 4.78 is 16.5. The molecule has 0 fully saturated rings. The van der Waals surface area contributed by atoms with Gasteiger partial charge >= 0.3 is 0 Å². The van der Waals surface area contributed by atoms with Gasteiger partial charge in [0.25, 0.3) is 0 Å². The van der Waals surface area contributed by atoms with Crippen molar-refractivity contribution in [1.82, 2.24) is 4.90 Å². The summed E-state index contributed by atoms with van der Waals surface area (Å²) in [7, 11) is 4.98. The van der Waals surface area contributed by atoms with E-state index in [0.29, 0.717) is 11.5 Å². The van der Waals surface area contributed by atoms with E-state index in [1.165, 1.54) is 0 Å². The van der Waals surface area contributed by atoms with Crippen molar-refractivity contribution in [3.63, 3.8) is 0 Å². The number of furan rings is 1. The van der Waals surface area contributed by atoms with E-state index in [4.69, 9.17) is 13.9 Å². The molecule has 1 heterocycles. The molecule has 1 aromatic heterocycles. The number of hydrogen-bond donors (Lipinski definition) is 0. The Morgan fingerprint density at radius 1 is 1.12 bits per heavy atom. The van der Waals surface area contributed by atoms with Crippen LogP contribution in [0.1, 0.15) is 24.3 Å². The van der Waals surface area contributed by atoms with Crippen molar-refractivity contribution in [3.05, 3.63) is 59.9 Å². The lowest BCUT2D eigenvalue weighted by Crippen LogP contribution is -2.30. The molecule has 26 heavy (non-hydrogen) atoms. The third-order valence-corrected chi connectivity index (χ3v) is 4.66. The normalized spacial score (nSPS) is 12.0. The van der Waals surface area contributed by atoms with Crippen LogP contribution in [0.15, 0.2) is 52.9 Å². The number of carbonyl (C=O) groups excluding carboxylic acids is 1. The predicted molar refractivity (Wildman–Crippen MR) is 101 cm³/mol. The van der Waals surface area contributed by atoms with Crippen LogP contribution in [-0.4, -0.2) is 32.1 Å². The van der Waals surface area contributed by atoms with E-state index in [0.717, 1.165) is 22.3 Å². The summed E-state index contributed by atoms with van der Waals surface area (Å²) in [6.07, 6.45) is 0.224. The Bertz CT molecular complexity index is 882. The fourth-order valence-electron chi connectivity index (χ4n) is 2.92. The third kappa shape index (κ3) is 3.52. The number of amides is 1. The van der Waals surface area contributed by atoms with Gasteiger partial charge in [-0.05, 0) is 37.3 Å². The first-order valence-corrected chi connectivity index (χ1v) is 8.48. The van der Waals surface area contributed by atoms with Crippen LogP contribution in [0.3, 0.4) is 0 Å². The third-order valence-electron chi connectivity index (χ3n) is 4.66. The molecule has 5 heteroatoms. The van der Waals surface area contributed by atoms with Gasteiger partial charge in [-0.1, -0.05) is 18.2 Å². The van der Waals surface area contributed by atoms with Crippen LogP contribution >= 0.6 is 0 Å². The quantitative estimate of drug-likeness (QED) is 0.666. The molecule has 0 radical (unpaired) electrons. The topological polar surface area (TPSA) is 51.9 Å². The molecule has 3 rings (SSSR count). The summed E-state index contributed by atoms with van der Waals surface area (Å²) >= 11 is 0. The van der Waals surface area contributed by atoms with Gasteiger partial charge in [0.1, 0.15) is 22.8 Å². The van der Waals surface area contributed by atoms with Crippen LogP contribution in [0.2, 0.25) is 0 Å². The molecule has 1 atom stereocenters. The van der Waals surface area contributed by atoms with Gasteiger partial charge in [0.05, 0.1) is 26.7 Å². The van der Waals surface area contributed by atoms with Gasteiger partial charge in [-0.2, -0.15) is 0 Å². The molecule has 5 nitrogen and oxygen atoms in total. The van der Waals surface area contributed by atoms with Crippen LogP contribution in [0.4, 0.5) is 0 Å². The number of likely N-dealkylation sites (N-methyl/N-ethyl adjacent to an activating group) is 1. The zero-order valence-electron chi connectivity index (χ0n) is 15.5. The Balaban J connectivity index is 1.78. The van der Waals surface area contributed by atoms with Gasteiger partial charge in [-0.15, -0.1) is 0 Å². The first-order valence-electron chi connectivity index (χ1n) is 8.48. The minimum atomic E-state index is -0.175. The number of carbonyl (C=O) groups is 1. The van der Waals surface area contributed by atoms with E-state index in [2.05, 4.69) is 0 Å². The average Bonchev–Trinajstić information content (AvgIpc) is 3.10. The number of nitrogens with zero attached hydrogens (tertiary/aromatic N) is 1. The molecule has 2 aromatic carbocycles. The molecule has 0 aliphatic rings. The van der Waals surface area contributed by atoms with Crippen LogP contribution in [0.25, 0.3) is 11.0 Å². The summed E-state index contributed by atoms with van der Waals surface area (Å²) in [6, 6.07) is 15.1. The van der Waals surface area contributed by atoms with E-state index in [-0.39, 0.29) is 18.4 Å². The number of fused-ring (bicyclic) bond motifs is 1. The van der Waals surface area contributed by atoms with Crippen LogP contribution in [0.5, 0.6) is 11.5 Å². The molecule has 136 valence electrons. The van der Waals surface area contributed by atoms with Gasteiger partial charge < -0.3 is 18.8 Å². The maximum Gasteiger partial charge on any atom is 0.227 e. The molecular formula is C21H23NO4. The monoisotopic (exact) mass is 353 g/mol. The second-order valence-corrected chi connectivity index (χ2v) is 6.22. The smallest absolute Gasteiger partial charge is 0.227 e. The summed E-state index contributed by atoms with van der Waals surface area (Å²) in [6.45, 7) is 1.96. The van der Waals surface area contributed by atoms with Crippen molar-refractivity contribution >= 4 is 16.9 Å². The number of hydrogen-bond acceptors (Lipinski definition) is 4. The second kappa shape index (κ2) is 7.52. The van der Waals surface area contributed by atoms with E-state index < -0.39 is 0 Å². The average molecular weight is 353 g/mol. The summed E-state index contributed by atoms with van der Waals surface area (Å²) in [4.78, 5) is 14.5. The Kier molecular flexibility index (Phi) is 5.16. The SMILES string of the molecule is COc1ccc(OC)c(CC(=O)N(C)C(C)c2cc3ccccc3o2)c1. The molecule has 1 unspecified atom stereocenters. The van der Waals surface area contributed by atoms with Crippen molar-refractivity contribution in [2.24, 2.45) is 0 Å².